The van der Waals surface area contributed by atoms with Gasteiger partial charge in [0.05, 0.1) is 11.0 Å². The van der Waals surface area contributed by atoms with Crippen molar-refractivity contribution in [1.29, 1.82) is 0 Å². The molecule has 1 atom stereocenters. The Morgan fingerprint density at radius 3 is 2.72 bits per heavy atom. The lowest BCUT2D eigenvalue weighted by atomic mass is 9.99. The highest BCUT2D eigenvalue weighted by Crippen LogP contribution is 2.32. The summed E-state index contributed by atoms with van der Waals surface area (Å²) in [6.45, 7) is 5.28. The van der Waals surface area contributed by atoms with Gasteiger partial charge in [0.15, 0.2) is 5.96 Å². The van der Waals surface area contributed by atoms with E-state index in [0.717, 1.165) is 48.8 Å². The largest absolute Gasteiger partial charge is 0.488 e. The highest BCUT2D eigenvalue weighted by molar-refractivity contribution is 9.10. The van der Waals surface area contributed by atoms with Crippen molar-refractivity contribution in [3.05, 3.63) is 28.7 Å². The SMILES string of the molecule is CN=C(NCC(C)Oc1ccccc1Br)NCC1(SC)CCOCC1. The molecule has 0 radical (unpaired) electrons. The number of thioether (sulfide) groups is 1. The molecule has 2 N–H and O–H groups in total. The van der Waals surface area contributed by atoms with Gasteiger partial charge in [0.25, 0.3) is 0 Å². The van der Waals surface area contributed by atoms with Gasteiger partial charge in [0, 0.05) is 31.6 Å². The van der Waals surface area contributed by atoms with E-state index in [1.807, 2.05) is 43.0 Å². The minimum Gasteiger partial charge on any atom is -0.488 e. The molecule has 1 aliphatic rings. The van der Waals surface area contributed by atoms with E-state index in [-0.39, 0.29) is 10.9 Å². The van der Waals surface area contributed by atoms with E-state index in [2.05, 4.69) is 37.8 Å². The van der Waals surface area contributed by atoms with Gasteiger partial charge in [-0.05, 0) is 54.1 Å². The number of ether oxygens (including phenoxy) is 2. The molecule has 0 spiro atoms. The number of rotatable bonds is 7. The van der Waals surface area contributed by atoms with Gasteiger partial charge in [-0.2, -0.15) is 11.8 Å². The first-order valence-electron chi connectivity index (χ1n) is 8.57. The number of aliphatic imine (C=N–C) groups is 1. The second-order valence-electron chi connectivity index (χ2n) is 6.17. The Kier molecular flexibility index (Phi) is 8.39. The predicted octanol–water partition coefficient (Wildman–Crippen LogP) is 3.29. The summed E-state index contributed by atoms with van der Waals surface area (Å²) in [5, 5.41) is 6.81. The lowest BCUT2D eigenvalue weighted by molar-refractivity contribution is 0.0782. The summed E-state index contributed by atoms with van der Waals surface area (Å²) in [5.74, 6) is 1.66. The first kappa shape index (κ1) is 20.4. The Balaban J connectivity index is 1.78. The average Bonchev–Trinajstić information content (AvgIpc) is 2.64. The van der Waals surface area contributed by atoms with Crippen LogP contribution in [0.5, 0.6) is 5.75 Å². The van der Waals surface area contributed by atoms with Gasteiger partial charge in [0.2, 0.25) is 0 Å². The van der Waals surface area contributed by atoms with Gasteiger partial charge in [0.1, 0.15) is 11.9 Å². The average molecular weight is 430 g/mol. The molecule has 0 aromatic heterocycles. The lowest BCUT2D eigenvalue weighted by Gasteiger charge is -2.36. The molecule has 0 aliphatic carbocycles. The molecule has 2 rings (SSSR count). The fourth-order valence-electron chi connectivity index (χ4n) is 2.70. The van der Waals surface area contributed by atoms with E-state index in [1.165, 1.54) is 0 Å². The van der Waals surface area contributed by atoms with Crippen LogP contribution in [0.4, 0.5) is 0 Å². The van der Waals surface area contributed by atoms with Gasteiger partial charge in [-0.3, -0.25) is 4.99 Å². The molecular formula is C18H28BrN3O2S. The molecule has 0 bridgehead atoms. The highest BCUT2D eigenvalue weighted by atomic mass is 79.9. The number of hydrogen-bond acceptors (Lipinski definition) is 4. The van der Waals surface area contributed by atoms with Gasteiger partial charge >= 0.3 is 0 Å². The van der Waals surface area contributed by atoms with Crippen LogP contribution < -0.4 is 15.4 Å². The third-order valence-electron chi connectivity index (χ3n) is 4.36. The smallest absolute Gasteiger partial charge is 0.191 e. The maximum Gasteiger partial charge on any atom is 0.191 e. The maximum atomic E-state index is 5.96. The van der Waals surface area contributed by atoms with Crippen molar-refractivity contribution in [3.8, 4) is 5.75 Å². The summed E-state index contributed by atoms with van der Waals surface area (Å²) >= 11 is 5.43. The Morgan fingerprint density at radius 2 is 2.08 bits per heavy atom. The molecule has 1 aliphatic heterocycles. The molecule has 0 amide bonds. The second-order valence-corrected chi connectivity index (χ2v) is 8.29. The van der Waals surface area contributed by atoms with Crippen molar-refractivity contribution in [2.45, 2.75) is 30.6 Å². The van der Waals surface area contributed by atoms with Crippen molar-refractivity contribution in [2.24, 2.45) is 4.99 Å². The number of nitrogens with zero attached hydrogens (tertiary/aromatic N) is 1. The minimum absolute atomic E-state index is 0.0230. The van der Waals surface area contributed by atoms with E-state index < -0.39 is 0 Å². The molecule has 1 aromatic rings. The topological polar surface area (TPSA) is 54.9 Å². The van der Waals surface area contributed by atoms with Gasteiger partial charge in [-0.1, -0.05) is 12.1 Å². The summed E-state index contributed by atoms with van der Waals surface area (Å²) < 4.78 is 12.7. The van der Waals surface area contributed by atoms with E-state index in [1.54, 1.807) is 7.05 Å². The van der Waals surface area contributed by atoms with Crippen molar-refractivity contribution in [2.75, 3.05) is 39.6 Å². The molecule has 1 heterocycles. The predicted molar refractivity (Wildman–Crippen MR) is 110 cm³/mol. The van der Waals surface area contributed by atoms with Crippen LogP contribution in [0.2, 0.25) is 0 Å². The van der Waals surface area contributed by atoms with Crippen LogP contribution >= 0.6 is 27.7 Å². The fraction of sp³-hybridized carbons (Fsp3) is 0.611. The molecule has 7 heteroatoms. The number of para-hydroxylation sites is 1. The normalized spacial score (nSPS) is 18.5. The zero-order chi connectivity index (χ0) is 18.1. The van der Waals surface area contributed by atoms with Crippen LogP contribution in [0.3, 0.4) is 0 Å². The van der Waals surface area contributed by atoms with Crippen LogP contribution in [0.15, 0.2) is 33.7 Å². The summed E-state index contributed by atoms with van der Waals surface area (Å²) in [7, 11) is 1.80. The van der Waals surface area contributed by atoms with Gasteiger partial charge < -0.3 is 20.1 Å². The minimum atomic E-state index is 0.0230. The van der Waals surface area contributed by atoms with E-state index in [9.17, 15) is 0 Å². The summed E-state index contributed by atoms with van der Waals surface area (Å²) in [6.07, 6.45) is 4.34. The Labute approximate surface area is 163 Å². The van der Waals surface area contributed by atoms with Gasteiger partial charge in [-0.25, -0.2) is 0 Å². The molecule has 1 saturated heterocycles. The molecule has 0 saturated carbocycles. The van der Waals surface area contributed by atoms with Crippen molar-refractivity contribution in [3.63, 3.8) is 0 Å². The number of guanidine groups is 1. The number of benzene rings is 1. The first-order chi connectivity index (χ1) is 12.1. The standard InChI is InChI=1S/C18H28BrN3O2S/c1-14(24-16-7-5-4-6-15(16)19)12-21-17(20-2)22-13-18(25-3)8-10-23-11-9-18/h4-7,14H,8-13H2,1-3H3,(H2,20,21,22). The Hall–Kier alpha value is -0.920. The Morgan fingerprint density at radius 1 is 1.36 bits per heavy atom. The molecule has 1 fully saturated rings. The fourth-order valence-corrected chi connectivity index (χ4v) is 3.87. The lowest BCUT2D eigenvalue weighted by Crippen LogP contribution is -2.49. The number of hydrogen-bond donors (Lipinski definition) is 2. The van der Waals surface area contributed by atoms with Crippen LogP contribution in [0.1, 0.15) is 19.8 Å². The number of nitrogens with one attached hydrogen (secondary N) is 2. The van der Waals surface area contributed by atoms with E-state index in [4.69, 9.17) is 9.47 Å². The third-order valence-corrected chi connectivity index (χ3v) is 6.43. The van der Waals surface area contributed by atoms with E-state index >= 15 is 0 Å². The summed E-state index contributed by atoms with van der Waals surface area (Å²) in [5.41, 5.74) is 0. The molecule has 140 valence electrons. The Bertz CT molecular complexity index is 565. The molecule has 1 aromatic carbocycles. The molecular weight excluding hydrogens is 402 g/mol. The molecule has 25 heavy (non-hydrogen) atoms. The maximum absolute atomic E-state index is 5.96. The molecule has 5 nitrogen and oxygen atoms in total. The van der Waals surface area contributed by atoms with Crippen LogP contribution in [0.25, 0.3) is 0 Å². The van der Waals surface area contributed by atoms with Crippen LogP contribution in [-0.4, -0.2) is 56.4 Å². The summed E-state index contributed by atoms with van der Waals surface area (Å²) in [4.78, 5) is 4.32. The van der Waals surface area contributed by atoms with Crippen molar-refractivity contribution >= 4 is 33.7 Å². The quantitative estimate of drug-likeness (QED) is 0.514. The molecule has 1 unspecified atom stereocenters. The zero-order valence-corrected chi connectivity index (χ0v) is 17.6. The van der Waals surface area contributed by atoms with Gasteiger partial charge in [-0.15, -0.1) is 0 Å². The summed E-state index contributed by atoms with van der Waals surface area (Å²) in [6, 6.07) is 7.88. The van der Waals surface area contributed by atoms with Crippen LogP contribution in [-0.2, 0) is 4.74 Å². The van der Waals surface area contributed by atoms with Crippen molar-refractivity contribution < 1.29 is 9.47 Å². The third kappa shape index (κ3) is 6.38. The number of halogens is 1. The van der Waals surface area contributed by atoms with E-state index in [0.29, 0.717) is 6.54 Å². The second kappa shape index (κ2) is 10.3. The first-order valence-corrected chi connectivity index (χ1v) is 10.6. The monoisotopic (exact) mass is 429 g/mol. The van der Waals surface area contributed by atoms with Crippen molar-refractivity contribution in [1.82, 2.24) is 10.6 Å². The highest BCUT2D eigenvalue weighted by Gasteiger charge is 2.31. The van der Waals surface area contributed by atoms with Crippen LogP contribution in [0, 0.1) is 0 Å². The zero-order valence-electron chi connectivity index (χ0n) is 15.2.